The first-order valence-corrected chi connectivity index (χ1v) is 4.39. The summed E-state index contributed by atoms with van der Waals surface area (Å²) in [5.74, 6) is 5.91. The highest BCUT2D eigenvalue weighted by molar-refractivity contribution is 5.78. The van der Waals surface area contributed by atoms with Gasteiger partial charge in [-0.05, 0) is 0 Å². The number of hydrogen-bond acceptors (Lipinski definition) is 3. The van der Waals surface area contributed by atoms with Crippen LogP contribution in [-0.4, -0.2) is 42.0 Å². The van der Waals surface area contributed by atoms with Gasteiger partial charge in [0.1, 0.15) is 0 Å². The monoisotopic (exact) mass is 171 g/mol. The van der Waals surface area contributed by atoms with E-state index in [1.54, 1.807) is 5.01 Å². The van der Waals surface area contributed by atoms with Crippen molar-refractivity contribution in [2.75, 3.05) is 26.2 Å². The lowest BCUT2D eigenvalue weighted by Gasteiger charge is -2.33. The molecule has 4 heteroatoms. The highest BCUT2D eigenvalue weighted by Crippen LogP contribution is 2.04. The standard InChI is InChI=1S/C8H17N3O/c1-7(2)8(12)10-3-5-11(9)6-4-10/h7H,3-6,9H2,1-2H3. The third-order valence-corrected chi connectivity index (χ3v) is 2.12. The average Bonchev–Trinajstić information content (AvgIpc) is 2.04. The van der Waals surface area contributed by atoms with Crippen molar-refractivity contribution in [3.8, 4) is 0 Å². The summed E-state index contributed by atoms with van der Waals surface area (Å²) in [4.78, 5) is 13.4. The molecule has 12 heavy (non-hydrogen) atoms. The van der Waals surface area contributed by atoms with Crippen molar-refractivity contribution in [2.45, 2.75) is 13.8 Å². The highest BCUT2D eigenvalue weighted by atomic mass is 16.2. The summed E-state index contributed by atoms with van der Waals surface area (Å²) in [5.41, 5.74) is 0. The second-order valence-electron chi connectivity index (χ2n) is 3.52. The Bertz CT molecular complexity index is 162. The largest absolute Gasteiger partial charge is 0.340 e. The lowest BCUT2D eigenvalue weighted by atomic mass is 10.2. The van der Waals surface area contributed by atoms with Crippen molar-refractivity contribution in [1.29, 1.82) is 0 Å². The van der Waals surface area contributed by atoms with Crippen molar-refractivity contribution in [3.05, 3.63) is 0 Å². The van der Waals surface area contributed by atoms with Crippen molar-refractivity contribution in [2.24, 2.45) is 11.8 Å². The molecule has 0 bridgehead atoms. The molecule has 0 aromatic heterocycles. The lowest BCUT2D eigenvalue weighted by Crippen LogP contribution is -2.52. The van der Waals surface area contributed by atoms with Crippen molar-refractivity contribution >= 4 is 5.91 Å². The molecule has 0 aromatic carbocycles. The Kier molecular flexibility index (Phi) is 3.05. The van der Waals surface area contributed by atoms with Crippen LogP contribution in [0, 0.1) is 5.92 Å². The van der Waals surface area contributed by atoms with Gasteiger partial charge in [0.2, 0.25) is 5.91 Å². The van der Waals surface area contributed by atoms with Crippen LogP contribution in [0.2, 0.25) is 0 Å². The molecule has 0 unspecified atom stereocenters. The molecule has 4 nitrogen and oxygen atoms in total. The van der Waals surface area contributed by atoms with E-state index in [-0.39, 0.29) is 11.8 Å². The van der Waals surface area contributed by atoms with Gasteiger partial charge in [0, 0.05) is 32.1 Å². The first kappa shape index (κ1) is 9.48. The van der Waals surface area contributed by atoms with Crippen LogP contribution in [0.1, 0.15) is 13.8 Å². The molecular formula is C8H17N3O. The summed E-state index contributed by atoms with van der Waals surface area (Å²) in [6, 6.07) is 0. The molecule has 1 rings (SSSR count). The second kappa shape index (κ2) is 3.87. The van der Waals surface area contributed by atoms with Crippen LogP contribution in [-0.2, 0) is 4.79 Å². The summed E-state index contributed by atoms with van der Waals surface area (Å²) in [6.07, 6.45) is 0. The Morgan fingerprint density at radius 2 is 1.75 bits per heavy atom. The van der Waals surface area contributed by atoms with Gasteiger partial charge < -0.3 is 4.90 Å². The van der Waals surface area contributed by atoms with E-state index in [4.69, 9.17) is 5.84 Å². The minimum Gasteiger partial charge on any atom is -0.340 e. The number of rotatable bonds is 1. The van der Waals surface area contributed by atoms with Crippen LogP contribution in [0.25, 0.3) is 0 Å². The zero-order valence-corrected chi connectivity index (χ0v) is 7.79. The first-order chi connectivity index (χ1) is 5.61. The van der Waals surface area contributed by atoms with Gasteiger partial charge in [-0.15, -0.1) is 0 Å². The third-order valence-electron chi connectivity index (χ3n) is 2.12. The van der Waals surface area contributed by atoms with Gasteiger partial charge in [0.15, 0.2) is 0 Å². The predicted octanol–water partition coefficient (Wildman–Crippen LogP) is -0.340. The molecule has 1 heterocycles. The van der Waals surface area contributed by atoms with Crippen LogP contribution in [0.3, 0.4) is 0 Å². The minimum atomic E-state index is 0.106. The average molecular weight is 171 g/mol. The van der Waals surface area contributed by atoms with Crippen molar-refractivity contribution in [1.82, 2.24) is 9.91 Å². The highest BCUT2D eigenvalue weighted by Gasteiger charge is 2.20. The normalized spacial score (nSPS) is 20.2. The fourth-order valence-electron chi connectivity index (χ4n) is 1.31. The number of amides is 1. The maximum absolute atomic E-state index is 11.5. The van der Waals surface area contributed by atoms with E-state index in [0.29, 0.717) is 0 Å². The number of nitrogens with two attached hydrogens (primary N) is 1. The Morgan fingerprint density at radius 3 is 2.17 bits per heavy atom. The van der Waals surface area contributed by atoms with Gasteiger partial charge in [-0.3, -0.25) is 10.6 Å². The maximum Gasteiger partial charge on any atom is 0.225 e. The predicted molar refractivity (Wildman–Crippen MR) is 47.2 cm³/mol. The smallest absolute Gasteiger partial charge is 0.225 e. The molecule has 0 aliphatic carbocycles. The third kappa shape index (κ3) is 2.19. The molecule has 0 aromatic rings. The number of piperazine rings is 1. The van der Waals surface area contributed by atoms with Gasteiger partial charge in [0.25, 0.3) is 0 Å². The molecule has 0 atom stereocenters. The lowest BCUT2D eigenvalue weighted by molar-refractivity contribution is -0.136. The van der Waals surface area contributed by atoms with E-state index >= 15 is 0 Å². The van der Waals surface area contributed by atoms with Gasteiger partial charge in [-0.2, -0.15) is 0 Å². The van der Waals surface area contributed by atoms with E-state index in [0.717, 1.165) is 26.2 Å². The molecule has 1 aliphatic heterocycles. The summed E-state index contributed by atoms with van der Waals surface area (Å²) in [7, 11) is 0. The van der Waals surface area contributed by atoms with E-state index in [9.17, 15) is 4.79 Å². The molecule has 1 amide bonds. The number of hydrogen-bond donors (Lipinski definition) is 1. The molecule has 0 spiro atoms. The maximum atomic E-state index is 11.5. The van der Waals surface area contributed by atoms with Crippen LogP contribution in [0.4, 0.5) is 0 Å². The van der Waals surface area contributed by atoms with Crippen molar-refractivity contribution < 1.29 is 4.79 Å². The Labute approximate surface area is 73.3 Å². The topological polar surface area (TPSA) is 49.6 Å². The summed E-state index contributed by atoms with van der Waals surface area (Å²) in [5, 5.41) is 1.75. The van der Waals surface area contributed by atoms with E-state index in [1.807, 2.05) is 18.7 Å². The summed E-state index contributed by atoms with van der Waals surface area (Å²) >= 11 is 0. The Balaban J connectivity index is 2.39. The van der Waals surface area contributed by atoms with Crippen molar-refractivity contribution in [3.63, 3.8) is 0 Å². The van der Waals surface area contributed by atoms with Crippen LogP contribution < -0.4 is 5.84 Å². The van der Waals surface area contributed by atoms with Gasteiger partial charge >= 0.3 is 0 Å². The Hall–Kier alpha value is -0.610. The quantitative estimate of drug-likeness (QED) is 0.549. The van der Waals surface area contributed by atoms with E-state index in [2.05, 4.69) is 0 Å². The molecule has 0 radical (unpaired) electrons. The first-order valence-electron chi connectivity index (χ1n) is 4.39. The fourth-order valence-corrected chi connectivity index (χ4v) is 1.31. The SMILES string of the molecule is CC(C)C(=O)N1CCN(N)CC1. The van der Waals surface area contributed by atoms with Crippen LogP contribution >= 0.6 is 0 Å². The van der Waals surface area contributed by atoms with Crippen LogP contribution in [0.15, 0.2) is 0 Å². The molecule has 70 valence electrons. The molecule has 0 saturated carbocycles. The zero-order valence-electron chi connectivity index (χ0n) is 7.79. The molecule has 1 aliphatic rings. The second-order valence-corrected chi connectivity index (χ2v) is 3.52. The summed E-state index contributed by atoms with van der Waals surface area (Å²) < 4.78 is 0. The van der Waals surface area contributed by atoms with Gasteiger partial charge in [-0.25, -0.2) is 5.01 Å². The summed E-state index contributed by atoms with van der Waals surface area (Å²) in [6.45, 7) is 6.98. The molecule has 1 saturated heterocycles. The van der Waals surface area contributed by atoms with E-state index in [1.165, 1.54) is 0 Å². The van der Waals surface area contributed by atoms with Gasteiger partial charge in [-0.1, -0.05) is 13.8 Å². The molecule has 1 fully saturated rings. The number of carbonyl (C=O) groups excluding carboxylic acids is 1. The Morgan fingerprint density at radius 1 is 1.25 bits per heavy atom. The number of nitrogens with zero attached hydrogens (tertiary/aromatic N) is 2. The molecular weight excluding hydrogens is 154 g/mol. The van der Waals surface area contributed by atoms with Crippen LogP contribution in [0.5, 0.6) is 0 Å². The number of hydrazine groups is 1. The minimum absolute atomic E-state index is 0.106. The molecule has 2 N–H and O–H groups in total. The fraction of sp³-hybridized carbons (Fsp3) is 0.875. The van der Waals surface area contributed by atoms with E-state index < -0.39 is 0 Å². The number of carbonyl (C=O) groups is 1. The zero-order chi connectivity index (χ0) is 9.14. The van der Waals surface area contributed by atoms with Gasteiger partial charge in [0.05, 0.1) is 0 Å².